The lowest BCUT2D eigenvalue weighted by molar-refractivity contribution is -0.704. The molecule has 0 bridgehead atoms. The van der Waals surface area contributed by atoms with E-state index in [0.717, 1.165) is 31.5 Å². The standard InChI is InChI=1S/C38H52ClN2O4/c1-4-6-7-8-9-10-11-12-13-14-15-20-28-45-36-25-24-31(29-34(36)39)37(42)41(30-32-21-18-19-27-40(32)26-5-2)38(43)33-22-16-17-23-35(33)44-3/h16-19,21-25,27,29H,4-15,20,26,28,30H2,1-3H3/q+1. The molecule has 2 aromatic carbocycles. The number of pyridine rings is 1. The van der Waals surface area contributed by atoms with Crippen LogP contribution < -0.4 is 14.0 Å². The fraction of sp³-hybridized carbons (Fsp3) is 0.500. The van der Waals surface area contributed by atoms with E-state index >= 15 is 0 Å². The van der Waals surface area contributed by atoms with Gasteiger partial charge in [0.25, 0.3) is 11.8 Å². The number of para-hydroxylation sites is 1. The number of halogens is 1. The van der Waals surface area contributed by atoms with E-state index in [1.165, 1.54) is 76.2 Å². The third-order valence-electron chi connectivity index (χ3n) is 8.08. The normalized spacial score (nSPS) is 10.9. The number of benzene rings is 2. The monoisotopic (exact) mass is 635 g/mol. The molecule has 0 radical (unpaired) electrons. The van der Waals surface area contributed by atoms with Crippen molar-refractivity contribution in [2.24, 2.45) is 0 Å². The number of aryl methyl sites for hydroxylation is 1. The van der Waals surface area contributed by atoms with Crippen LogP contribution in [0.2, 0.25) is 5.02 Å². The van der Waals surface area contributed by atoms with Crippen molar-refractivity contribution in [3.8, 4) is 11.5 Å². The van der Waals surface area contributed by atoms with Crippen LogP contribution in [-0.2, 0) is 13.1 Å². The highest BCUT2D eigenvalue weighted by Gasteiger charge is 2.29. The van der Waals surface area contributed by atoms with Crippen LogP contribution in [0.1, 0.15) is 124 Å². The van der Waals surface area contributed by atoms with E-state index < -0.39 is 11.8 Å². The molecule has 0 N–H and O–H groups in total. The zero-order chi connectivity index (χ0) is 32.3. The van der Waals surface area contributed by atoms with Gasteiger partial charge in [0.05, 0.1) is 24.3 Å². The van der Waals surface area contributed by atoms with Crippen molar-refractivity contribution >= 4 is 23.4 Å². The second-order valence-corrected chi connectivity index (χ2v) is 12.1. The molecule has 7 heteroatoms. The Balaban J connectivity index is 1.59. The molecular weight excluding hydrogens is 584 g/mol. The van der Waals surface area contributed by atoms with Gasteiger partial charge in [-0.15, -0.1) is 0 Å². The van der Waals surface area contributed by atoms with E-state index in [1.54, 1.807) is 42.5 Å². The largest absolute Gasteiger partial charge is 0.496 e. The van der Waals surface area contributed by atoms with E-state index in [2.05, 4.69) is 18.4 Å². The molecule has 0 unspecified atom stereocenters. The molecule has 0 atom stereocenters. The summed E-state index contributed by atoms with van der Waals surface area (Å²) < 4.78 is 13.5. The number of hydrogen-bond donors (Lipinski definition) is 0. The van der Waals surface area contributed by atoms with E-state index in [4.69, 9.17) is 21.1 Å². The molecule has 0 aliphatic rings. The van der Waals surface area contributed by atoms with Gasteiger partial charge in [-0.05, 0) is 36.8 Å². The minimum Gasteiger partial charge on any atom is -0.496 e. The van der Waals surface area contributed by atoms with Crippen LogP contribution in [0, 0.1) is 0 Å². The van der Waals surface area contributed by atoms with Gasteiger partial charge in [0.15, 0.2) is 6.20 Å². The van der Waals surface area contributed by atoms with Crippen molar-refractivity contribution in [2.45, 2.75) is 110 Å². The Bertz CT molecular complexity index is 1330. The summed E-state index contributed by atoms with van der Waals surface area (Å²) in [6.07, 6.45) is 18.3. The first-order chi connectivity index (χ1) is 22.0. The topological polar surface area (TPSA) is 59.7 Å². The van der Waals surface area contributed by atoms with Crippen LogP contribution in [0.3, 0.4) is 0 Å². The summed E-state index contributed by atoms with van der Waals surface area (Å²) in [6.45, 7) is 5.81. The molecule has 0 fully saturated rings. The number of unbranched alkanes of at least 4 members (excludes halogenated alkanes) is 11. The number of amides is 2. The summed E-state index contributed by atoms with van der Waals surface area (Å²) in [5, 5.41) is 0.352. The van der Waals surface area contributed by atoms with Crippen LogP contribution in [-0.4, -0.2) is 30.4 Å². The Morgan fingerprint density at radius 3 is 2.02 bits per heavy atom. The summed E-state index contributed by atoms with van der Waals surface area (Å²) in [7, 11) is 1.51. The lowest BCUT2D eigenvalue weighted by atomic mass is 10.1. The number of aromatic nitrogens is 1. The van der Waals surface area contributed by atoms with Gasteiger partial charge in [-0.1, -0.05) is 114 Å². The number of imide groups is 1. The predicted molar refractivity (Wildman–Crippen MR) is 182 cm³/mol. The molecule has 0 aliphatic heterocycles. The second-order valence-electron chi connectivity index (χ2n) is 11.7. The maximum atomic E-state index is 13.9. The van der Waals surface area contributed by atoms with Crippen LogP contribution in [0.15, 0.2) is 66.9 Å². The first kappa shape index (κ1) is 36.1. The Morgan fingerprint density at radius 1 is 0.733 bits per heavy atom. The van der Waals surface area contributed by atoms with Crippen molar-refractivity contribution in [1.29, 1.82) is 0 Å². The highest BCUT2D eigenvalue weighted by molar-refractivity contribution is 6.32. The summed E-state index contributed by atoms with van der Waals surface area (Å²) in [5.41, 5.74) is 1.49. The summed E-state index contributed by atoms with van der Waals surface area (Å²) in [6, 6.07) is 17.7. The van der Waals surface area contributed by atoms with Gasteiger partial charge < -0.3 is 9.47 Å². The summed E-state index contributed by atoms with van der Waals surface area (Å²) in [5.74, 6) is 0.0807. The molecule has 0 aliphatic carbocycles. The first-order valence-electron chi connectivity index (χ1n) is 16.9. The molecule has 3 rings (SSSR count). The van der Waals surface area contributed by atoms with Crippen molar-refractivity contribution in [2.75, 3.05) is 13.7 Å². The molecular formula is C38H52ClN2O4+. The molecule has 244 valence electrons. The van der Waals surface area contributed by atoms with Gasteiger partial charge in [-0.25, -0.2) is 4.57 Å². The number of methoxy groups -OCH3 is 1. The Morgan fingerprint density at radius 2 is 1.38 bits per heavy atom. The maximum absolute atomic E-state index is 13.9. The van der Waals surface area contributed by atoms with Crippen LogP contribution in [0.5, 0.6) is 11.5 Å². The molecule has 6 nitrogen and oxygen atoms in total. The first-order valence-corrected chi connectivity index (χ1v) is 17.3. The molecule has 2 amide bonds. The number of rotatable bonds is 21. The molecule has 0 saturated heterocycles. The Hall–Kier alpha value is -3.38. The van der Waals surface area contributed by atoms with E-state index in [1.807, 2.05) is 24.4 Å². The van der Waals surface area contributed by atoms with Gasteiger partial charge in [0, 0.05) is 24.1 Å². The average Bonchev–Trinajstić information content (AvgIpc) is 3.06. The Kier molecular flexibility index (Phi) is 16.5. The highest BCUT2D eigenvalue weighted by atomic mass is 35.5. The van der Waals surface area contributed by atoms with Crippen LogP contribution >= 0.6 is 11.6 Å². The van der Waals surface area contributed by atoms with Gasteiger partial charge in [0.2, 0.25) is 5.69 Å². The van der Waals surface area contributed by atoms with E-state index in [9.17, 15) is 9.59 Å². The van der Waals surface area contributed by atoms with Gasteiger partial charge in [-0.2, -0.15) is 0 Å². The van der Waals surface area contributed by atoms with E-state index in [-0.39, 0.29) is 6.54 Å². The third-order valence-corrected chi connectivity index (χ3v) is 8.38. The predicted octanol–water partition coefficient (Wildman–Crippen LogP) is 9.61. The van der Waals surface area contributed by atoms with Crippen molar-refractivity contribution in [3.05, 3.63) is 88.7 Å². The van der Waals surface area contributed by atoms with Crippen molar-refractivity contribution in [3.63, 3.8) is 0 Å². The maximum Gasteiger partial charge on any atom is 0.265 e. The zero-order valence-corrected chi connectivity index (χ0v) is 28.3. The van der Waals surface area contributed by atoms with Crippen molar-refractivity contribution < 1.29 is 23.6 Å². The quantitative estimate of drug-likeness (QED) is 0.0664. The number of carbonyl (C=O) groups excluding carboxylic acids is 2. The third kappa shape index (κ3) is 11.8. The number of hydrogen-bond acceptors (Lipinski definition) is 4. The number of carbonyl (C=O) groups is 2. The molecule has 0 saturated carbocycles. The number of nitrogens with zero attached hydrogens (tertiary/aromatic N) is 2. The van der Waals surface area contributed by atoms with Crippen molar-refractivity contribution in [1.82, 2.24) is 4.90 Å². The molecule has 1 heterocycles. The lowest BCUT2D eigenvalue weighted by Gasteiger charge is -2.21. The van der Waals surface area contributed by atoms with E-state index in [0.29, 0.717) is 34.3 Å². The van der Waals surface area contributed by atoms with Gasteiger partial charge in [-0.3, -0.25) is 14.5 Å². The molecule has 3 aromatic rings. The minimum atomic E-state index is -0.438. The molecule has 1 aromatic heterocycles. The fourth-order valence-electron chi connectivity index (χ4n) is 5.51. The number of ether oxygens (including phenoxy) is 2. The summed E-state index contributed by atoms with van der Waals surface area (Å²) >= 11 is 6.60. The van der Waals surface area contributed by atoms with Crippen LogP contribution in [0.25, 0.3) is 0 Å². The zero-order valence-electron chi connectivity index (χ0n) is 27.6. The SMILES string of the molecule is CCCCCCCCCCCCCCOc1ccc(C(=O)N(Cc2cccc[n+]2CCC)C(=O)c2ccccc2OC)cc1Cl. The van der Waals surface area contributed by atoms with Crippen LogP contribution in [0.4, 0.5) is 0 Å². The lowest BCUT2D eigenvalue weighted by Crippen LogP contribution is -2.44. The second kappa shape index (κ2) is 20.6. The highest BCUT2D eigenvalue weighted by Crippen LogP contribution is 2.28. The van der Waals surface area contributed by atoms with Gasteiger partial charge >= 0.3 is 0 Å². The smallest absolute Gasteiger partial charge is 0.265 e. The fourth-order valence-corrected chi connectivity index (χ4v) is 5.75. The van der Waals surface area contributed by atoms with Gasteiger partial charge in [0.1, 0.15) is 24.6 Å². The minimum absolute atomic E-state index is 0.103. The summed E-state index contributed by atoms with van der Waals surface area (Å²) in [4.78, 5) is 29.1. The Labute approximate surface area is 275 Å². The molecule has 45 heavy (non-hydrogen) atoms. The average molecular weight is 636 g/mol. The molecule has 0 spiro atoms.